The molecule has 2 nitrogen and oxygen atoms in total. The van der Waals surface area contributed by atoms with Crippen LogP contribution in [0, 0.1) is 0 Å². The standard InChI is InChI=1S/C7H13F3N2/c8-7(9,10)2-4-12-3-1-6(11)5-12/h6H,1-5,11H2/t6-/m0/s1. The lowest BCUT2D eigenvalue weighted by molar-refractivity contribution is -0.137. The van der Waals surface area contributed by atoms with Crippen LogP contribution in [0.5, 0.6) is 0 Å². The largest absolute Gasteiger partial charge is 0.390 e. The lowest BCUT2D eigenvalue weighted by atomic mass is 10.3. The summed E-state index contributed by atoms with van der Waals surface area (Å²) in [6.45, 7) is 1.41. The number of nitrogens with zero attached hydrogens (tertiary/aromatic N) is 1. The number of nitrogens with two attached hydrogens (primary N) is 1. The molecule has 0 aromatic carbocycles. The molecule has 0 bridgehead atoms. The predicted octanol–water partition coefficient (Wildman–Crippen LogP) is 0.972. The summed E-state index contributed by atoms with van der Waals surface area (Å²) in [7, 11) is 0. The van der Waals surface area contributed by atoms with Gasteiger partial charge in [0.25, 0.3) is 0 Å². The van der Waals surface area contributed by atoms with E-state index >= 15 is 0 Å². The smallest absolute Gasteiger partial charge is 0.326 e. The Morgan fingerprint density at radius 1 is 1.42 bits per heavy atom. The average molecular weight is 182 g/mol. The van der Waals surface area contributed by atoms with E-state index in [1.54, 1.807) is 4.90 Å². The number of hydrogen-bond donors (Lipinski definition) is 1. The van der Waals surface area contributed by atoms with Crippen LogP contribution in [0.2, 0.25) is 0 Å². The molecule has 1 aliphatic heterocycles. The highest BCUT2D eigenvalue weighted by Crippen LogP contribution is 2.20. The van der Waals surface area contributed by atoms with Crippen LogP contribution >= 0.6 is 0 Å². The van der Waals surface area contributed by atoms with E-state index in [0.717, 1.165) is 6.42 Å². The first kappa shape index (κ1) is 9.80. The Kier molecular flexibility index (Phi) is 2.95. The molecule has 2 N–H and O–H groups in total. The highest BCUT2D eigenvalue weighted by molar-refractivity contribution is 4.77. The number of likely N-dealkylation sites (tertiary alicyclic amines) is 1. The molecule has 72 valence electrons. The minimum Gasteiger partial charge on any atom is -0.326 e. The molecule has 1 aliphatic rings. The van der Waals surface area contributed by atoms with Crippen molar-refractivity contribution in [1.82, 2.24) is 4.90 Å². The molecule has 5 heteroatoms. The first-order valence-electron chi connectivity index (χ1n) is 4.02. The maximum Gasteiger partial charge on any atom is 0.390 e. The van der Waals surface area contributed by atoms with Crippen LogP contribution in [0.25, 0.3) is 0 Å². The van der Waals surface area contributed by atoms with Gasteiger partial charge in [-0.25, -0.2) is 0 Å². The third kappa shape index (κ3) is 3.40. The van der Waals surface area contributed by atoms with E-state index < -0.39 is 12.6 Å². The minimum absolute atomic E-state index is 0.0678. The summed E-state index contributed by atoms with van der Waals surface area (Å²) in [6.07, 6.45) is -3.94. The van der Waals surface area contributed by atoms with E-state index in [2.05, 4.69) is 0 Å². The maximum absolute atomic E-state index is 11.7. The minimum atomic E-state index is -4.04. The van der Waals surface area contributed by atoms with Crippen molar-refractivity contribution >= 4 is 0 Å². The Morgan fingerprint density at radius 2 is 2.08 bits per heavy atom. The second-order valence-corrected chi connectivity index (χ2v) is 3.21. The van der Waals surface area contributed by atoms with Gasteiger partial charge in [0.1, 0.15) is 0 Å². The summed E-state index contributed by atoms with van der Waals surface area (Å²) >= 11 is 0. The topological polar surface area (TPSA) is 29.3 Å². The summed E-state index contributed by atoms with van der Waals surface area (Å²) in [6, 6.07) is 0.0678. The monoisotopic (exact) mass is 182 g/mol. The van der Waals surface area contributed by atoms with Crippen molar-refractivity contribution in [1.29, 1.82) is 0 Å². The molecular weight excluding hydrogens is 169 g/mol. The molecular formula is C7H13F3N2. The van der Waals surface area contributed by atoms with Gasteiger partial charge in [0.2, 0.25) is 0 Å². The Morgan fingerprint density at radius 3 is 2.50 bits per heavy atom. The SMILES string of the molecule is N[C@H]1CCN(CCC(F)(F)F)C1. The van der Waals surface area contributed by atoms with Crippen molar-refractivity contribution in [3.63, 3.8) is 0 Å². The van der Waals surface area contributed by atoms with Crippen LogP contribution in [0.1, 0.15) is 12.8 Å². The molecule has 0 aromatic heterocycles. The first-order chi connectivity index (χ1) is 5.47. The number of hydrogen-bond acceptors (Lipinski definition) is 2. The first-order valence-corrected chi connectivity index (χ1v) is 4.02. The zero-order chi connectivity index (χ0) is 9.19. The molecule has 0 aromatic rings. The van der Waals surface area contributed by atoms with Crippen LogP contribution in [0.15, 0.2) is 0 Å². The van der Waals surface area contributed by atoms with Gasteiger partial charge >= 0.3 is 6.18 Å². The van der Waals surface area contributed by atoms with E-state index in [4.69, 9.17) is 5.73 Å². The Hall–Kier alpha value is -0.290. The summed E-state index contributed by atoms with van der Waals surface area (Å²) in [5.74, 6) is 0. The highest BCUT2D eigenvalue weighted by atomic mass is 19.4. The van der Waals surface area contributed by atoms with Gasteiger partial charge in [-0.3, -0.25) is 0 Å². The van der Waals surface area contributed by atoms with Gasteiger partial charge in [0.05, 0.1) is 6.42 Å². The number of halogens is 3. The van der Waals surface area contributed by atoms with Gasteiger partial charge in [-0.2, -0.15) is 13.2 Å². The third-order valence-corrected chi connectivity index (χ3v) is 2.02. The van der Waals surface area contributed by atoms with Crippen molar-refractivity contribution in [2.75, 3.05) is 19.6 Å². The molecule has 1 saturated heterocycles. The maximum atomic E-state index is 11.7. The van der Waals surface area contributed by atoms with Gasteiger partial charge in [-0.05, 0) is 13.0 Å². The van der Waals surface area contributed by atoms with Crippen molar-refractivity contribution < 1.29 is 13.2 Å². The second-order valence-electron chi connectivity index (χ2n) is 3.21. The highest BCUT2D eigenvalue weighted by Gasteiger charge is 2.29. The van der Waals surface area contributed by atoms with Gasteiger partial charge in [0, 0.05) is 19.1 Å². The molecule has 12 heavy (non-hydrogen) atoms. The molecule has 0 amide bonds. The molecule has 1 atom stereocenters. The van der Waals surface area contributed by atoms with E-state index in [1.807, 2.05) is 0 Å². The molecule has 0 radical (unpaired) electrons. The molecule has 0 spiro atoms. The van der Waals surface area contributed by atoms with Crippen LogP contribution in [0.4, 0.5) is 13.2 Å². The fourth-order valence-electron chi connectivity index (χ4n) is 1.35. The fraction of sp³-hybridized carbons (Fsp3) is 1.00. The van der Waals surface area contributed by atoms with E-state index in [0.29, 0.717) is 13.1 Å². The molecule has 0 saturated carbocycles. The van der Waals surface area contributed by atoms with E-state index in [9.17, 15) is 13.2 Å². The lowest BCUT2D eigenvalue weighted by Crippen LogP contribution is -2.29. The summed E-state index contributed by atoms with van der Waals surface area (Å²) < 4.78 is 35.2. The fourth-order valence-corrected chi connectivity index (χ4v) is 1.35. The van der Waals surface area contributed by atoms with Crippen molar-refractivity contribution in [2.45, 2.75) is 25.1 Å². The Bertz CT molecular complexity index is 146. The van der Waals surface area contributed by atoms with Crippen LogP contribution in [0.3, 0.4) is 0 Å². The second kappa shape index (κ2) is 3.62. The van der Waals surface area contributed by atoms with E-state index in [-0.39, 0.29) is 12.6 Å². The van der Waals surface area contributed by atoms with Crippen molar-refractivity contribution in [3.05, 3.63) is 0 Å². The van der Waals surface area contributed by atoms with Crippen molar-refractivity contribution in [2.24, 2.45) is 5.73 Å². The number of rotatable bonds is 2. The van der Waals surface area contributed by atoms with Gasteiger partial charge in [-0.15, -0.1) is 0 Å². The van der Waals surface area contributed by atoms with Gasteiger partial charge < -0.3 is 10.6 Å². The predicted molar refractivity (Wildman–Crippen MR) is 39.7 cm³/mol. The van der Waals surface area contributed by atoms with Gasteiger partial charge in [-0.1, -0.05) is 0 Å². The van der Waals surface area contributed by atoms with Crippen molar-refractivity contribution in [3.8, 4) is 0 Å². The lowest BCUT2D eigenvalue weighted by Gasteiger charge is -2.15. The molecule has 1 heterocycles. The van der Waals surface area contributed by atoms with E-state index in [1.165, 1.54) is 0 Å². The number of alkyl halides is 3. The normalized spacial score (nSPS) is 26.5. The zero-order valence-electron chi connectivity index (χ0n) is 6.77. The average Bonchev–Trinajstić information content (AvgIpc) is 2.30. The van der Waals surface area contributed by atoms with Crippen LogP contribution in [-0.2, 0) is 0 Å². The Labute approximate surface area is 69.5 Å². The zero-order valence-corrected chi connectivity index (χ0v) is 6.77. The van der Waals surface area contributed by atoms with Crippen LogP contribution in [-0.4, -0.2) is 36.8 Å². The third-order valence-electron chi connectivity index (χ3n) is 2.02. The Balaban J connectivity index is 2.16. The summed E-state index contributed by atoms with van der Waals surface area (Å²) in [5.41, 5.74) is 5.54. The summed E-state index contributed by atoms with van der Waals surface area (Å²) in [4.78, 5) is 1.76. The van der Waals surface area contributed by atoms with Crippen LogP contribution < -0.4 is 5.73 Å². The summed E-state index contributed by atoms with van der Waals surface area (Å²) in [5, 5.41) is 0. The molecule has 1 fully saturated rings. The molecule has 0 aliphatic carbocycles. The molecule has 1 rings (SSSR count). The molecule has 0 unspecified atom stereocenters. The van der Waals surface area contributed by atoms with Gasteiger partial charge in [0.15, 0.2) is 0 Å². The quantitative estimate of drug-likeness (QED) is 0.689.